The van der Waals surface area contributed by atoms with Crippen LogP contribution in [0.3, 0.4) is 0 Å². The van der Waals surface area contributed by atoms with Crippen LogP contribution in [0, 0.1) is 17.8 Å². The Hall–Kier alpha value is -6.96. The third-order valence-electron chi connectivity index (χ3n) is 11.6. The van der Waals surface area contributed by atoms with Gasteiger partial charge in [-0.15, -0.1) is 0 Å². The molecule has 0 spiro atoms. The molecule has 9 rings (SSSR count). The minimum atomic E-state index is -0.784. The molecule has 6 aromatic rings. The largest absolute Gasteiger partial charge is 0.480 e. The number of amides is 5. The number of imide groups is 1. The van der Waals surface area contributed by atoms with E-state index in [2.05, 4.69) is 27.1 Å². The number of nitrogens with zero attached hydrogens (tertiary/aromatic N) is 9. The van der Waals surface area contributed by atoms with Crippen molar-refractivity contribution in [3.05, 3.63) is 122 Å². The number of hydrogen-bond donors (Lipinski definition) is 1. The molecule has 0 bridgehead atoms. The van der Waals surface area contributed by atoms with Gasteiger partial charge < -0.3 is 18.8 Å². The third-order valence-corrected chi connectivity index (χ3v) is 12.0. The molecular formula is C45H40Cl2N10O6. The monoisotopic (exact) mass is 886 g/mol. The van der Waals surface area contributed by atoms with Crippen LogP contribution in [0.5, 0.6) is 5.88 Å². The van der Waals surface area contributed by atoms with E-state index in [0.29, 0.717) is 76.2 Å². The minimum Gasteiger partial charge on any atom is -0.480 e. The summed E-state index contributed by atoms with van der Waals surface area (Å²) < 4.78 is 10.8. The summed E-state index contributed by atoms with van der Waals surface area (Å²) in [6.45, 7) is 5.11. The maximum Gasteiger partial charge on any atom is 0.329 e. The molecule has 2 saturated heterocycles. The van der Waals surface area contributed by atoms with Crippen molar-refractivity contribution in [1.82, 2.24) is 38.7 Å². The average molecular weight is 888 g/mol. The van der Waals surface area contributed by atoms with Crippen LogP contribution in [-0.2, 0) is 11.8 Å². The van der Waals surface area contributed by atoms with E-state index in [1.54, 1.807) is 46.9 Å². The number of likely N-dealkylation sites (tertiary alicyclic amines) is 1. The van der Waals surface area contributed by atoms with E-state index in [1.165, 1.54) is 39.9 Å². The Balaban J connectivity index is 0.989. The summed E-state index contributed by atoms with van der Waals surface area (Å²) in [6, 6.07) is 12.4. The number of anilines is 2. The number of aryl methyl sites for hydroxylation is 1. The van der Waals surface area contributed by atoms with E-state index >= 15 is 0 Å². The fourth-order valence-corrected chi connectivity index (χ4v) is 8.89. The van der Waals surface area contributed by atoms with Crippen molar-refractivity contribution in [2.24, 2.45) is 13.0 Å². The highest BCUT2D eigenvalue weighted by Crippen LogP contribution is 2.45. The van der Waals surface area contributed by atoms with E-state index in [4.69, 9.17) is 32.9 Å². The van der Waals surface area contributed by atoms with Gasteiger partial charge >= 0.3 is 6.03 Å². The maximum atomic E-state index is 14.6. The standard InChI is InChI=1S/C45H40Cl2N10O6/c1-25(2)56-38-36(44(61)57(33-21-31(47)24-52(3)43(33)60)37(38)27-9-11-30(46)12-10-27)51-40(56)32-20-29(22-49-41(32)63-4)42(59)53-17-13-26(14-18-53)7-8-28-6-5-16-54-35(23-48-39(28)54)55-19-15-34(58)50-45(55)62/h5-6,9-12,16,20-26,37H,13-15,17-19H2,1-4H3,(H,50,58,62)/t37-/m0/s1. The number of imidazole rings is 2. The lowest BCUT2D eigenvalue weighted by atomic mass is 9.96. The van der Waals surface area contributed by atoms with Crippen molar-refractivity contribution in [3.8, 4) is 29.1 Å². The summed E-state index contributed by atoms with van der Waals surface area (Å²) in [5, 5.41) is 3.14. The number of carbonyl (C=O) groups excluding carboxylic acids is 4. The SMILES string of the molecule is COc1ncc(C(=O)N2CCC(C#Cc3cccn4c(N5CCC(=O)NC5=O)cnc34)CC2)cc1-c1nc2c(n1C(C)C)[C@H](c1ccc(Cl)cc1)N(c1cc(Cl)cn(C)c1=O)C2=O. The fourth-order valence-electron chi connectivity index (χ4n) is 8.52. The Morgan fingerprint density at radius 2 is 1.73 bits per heavy atom. The van der Waals surface area contributed by atoms with Gasteiger partial charge in [0.2, 0.25) is 11.8 Å². The average Bonchev–Trinajstić information content (AvgIpc) is 3.96. The second-order valence-corrected chi connectivity index (χ2v) is 16.7. The smallest absolute Gasteiger partial charge is 0.329 e. The van der Waals surface area contributed by atoms with E-state index < -0.39 is 23.5 Å². The second kappa shape index (κ2) is 16.4. The van der Waals surface area contributed by atoms with Crippen LogP contribution in [-0.4, -0.2) is 83.9 Å². The molecule has 2 fully saturated rings. The number of fused-ring (bicyclic) bond motifs is 2. The van der Waals surface area contributed by atoms with Crippen LogP contribution >= 0.6 is 23.2 Å². The summed E-state index contributed by atoms with van der Waals surface area (Å²) in [4.78, 5) is 85.2. The normalized spacial score (nSPS) is 16.7. The number of pyridine rings is 3. The molecule has 3 aliphatic rings. The van der Waals surface area contributed by atoms with Gasteiger partial charge in [-0.25, -0.2) is 19.7 Å². The van der Waals surface area contributed by atoms with Crippen molar-refractivity contribution in [1.29, 1.82) is 0 Å². The first-order valence-electron chi connectivity index (χ1n) is 20.3. The Labute approximate surface area is 371 Å². The molecule has 5 aromatic heterocycles. The molecule has 5 amide bonds. The first kappa shape index (κ1) is 41.4. The molecule has 3 aliphatic heterocycles. The Morgan fingerprint density at radius 3 is 2.44 bits per heavy atom. The zero-order valence-electron chi connectivity index (χ0n) is 34.6. The molecule has 0 radical (unpaired) electrons. The summed E-state index contributed by atoms with van der Waals surface area (Å²) >= 11 is 12.7. The van der Waals surface area contributed by atoms with Crippen molar-refractivity contribution in [2.45, 2.75) is 45.2 Å². The van der Waals surface area contributed by atoms with Gasteiger partial charge in [0, 0.05) is 68.7 Å². The van der Waals surface area contributed by atoms with E-state index in [-0.39, 0.29) is 59.0 Å². The lowest BCUT2D eigenvalue weighted by molar-refractivity contribution is -0.120. The molecule has 8 heterocycles. The quantitative estimate of drug-likeness (QED) is 0.181. The lowest BCUT2D eigenvalue weighted by Crippen LogP contribution is -2.50. The van der Waals surface area contributed by atoms with Gasteiger partial charge in [0.15, 0.2) is 11.3 Å². The number of piperidine rings is 1. The van der Waals surface area contributed by atoms with Crippen molar-refractivity contribution in [2.75, 3.05) is 36.5 Å². The van der Waals surface area contributed by atoms with Crippen LogP contribution in [0.25, 0.3) is 17.0 Å². The van der Waals surface area contributed by atoms with Gasteiger partial charge in [0.1, 0.15) is 23.4 Å². The molecule has 16 nitrogen and oxygen atoms in total. The first-order valence-corrected chi connectivity index (χ1v) is 21.1. The number of methoxy groups -OCH3 is 1. The highest BCUT2D eigenvalue weighted by molar-refractivity contribution is 6.31. The highest BCUT2D eigenvalue weighted by Gasteiger charge is 2.46. The number of carbonyl (C=O) groups is 4. The Bertz CT molecular complexity index is 2990. The topological polar surface area (TPSA) is 169 Å². The molecule has 320 valence electrons. The third kappa shape index (κ3) is 7.36. The number of ether oxygens (including phenoxy) is 1. The van der Waals surface area contributed by atoms with Gasteiger partial charge in [0.25, 0.3) is 17.4 Å². The number of rotatable bonds is 7. The van der Waals surface area contributed by atoms with Gasteiger partial charge in [-0.05, 0) is 68.7 Å². The predicted molar refractivity (Wildman–Crippen MR) is 235 cm³/mol. The molecular weight excluding hydrogens is 847 g/mol. The molecule has 1 aromatic carbocycles. The van der Waals surface area contributed by atoms with Gasteiger partial charge in [0.05, 0.1) is 40.7 Å². The lowest BCUT2D eigenvalue weighted by Gasteiger charge is -2.30. The number of urea groups is 1. The van der Waals surface area contributed by atoms with Gasteiger partial charge in [-0.1, -0.05) is 47.2 Å². The molecule has 1 N–H and O–H groups in total. The minimum absolute atomic E-state index is 0.0193. The highest BCUT2D eigenvalue weighted by atomic mass is 35.5. The van der Waals surface area contributed by atoms with Gasteiger partial charge in [-0.3, -0.25) is 38.7 Å². The Morgan fingerprint density at radius 1 is 0.968 bits per heavy atom. The van der Waals surface area contributed by atoms with Crippen LogP contribution in [0.2, 0.25) is 10.0 Å². The van der Waals surface area contributed by atoms with Gasteiger partial charge in [-0.2, -0.15) is 0 Å². The molecule has 0 saturated carbocycles. The summed E-state index contributed by atoms with van der Waals surface area (Å²) in [5.41, 5.74) is 3.11. The van der Waals surface area contributed by atoms with Crippen LogP contribution in [0.4, 0.5) is 16.3 Å². The van der Waals surface area contributed by atoms with Crippen molar-refractivity contribution < 1.29 is 23.9 Å². The number of halogens is 2. The maximum absolute atomic E-state index is 14.6. The van der Waals surface area contributed by atoms with Crippen molar-refractivity contribution in [3.63, 3.8) is 0 Å². The summed E-state index contributed by atoms with van der Waals surface area (Å²) in [7, 11) is 3.06. The van der Waals surface area contributed by atoms with Crippen LogP contribution < -0.4 is 25.4 Å². The molecule has 18 heteroatoms. The number of benzene rings is 1. The summed E-state index contributed by atoms with van der Waals surface area (Å²) in [5.74, 6) is 6.79. The number of nitrogens with one attached hydrogen (secondary N) is 1. The molecule has 0 unspecified atom stereocenters. The molecule has 1 atom stereocenters. The van der Waals surface area contributed by atoms with Crippen LogP contribution in [0.1, 0.15) is 82.9 Å². The predicted octanol–water partition coefficient (Wildman–Crippen LogP) is 6.29. The van der Waals surface area contributed by atoms with Crippen LogP contribution in [0.15, 0.2) is 78.1 Å². The van der Waals surface area contributed by atoms with Crippen molar-refractivity contribution >= 4 is 64.1 Å². The first-order chi connectivity index (χ1) is 30.3. The zero-order chi connectivity index (χ0) is 44.3. The van der Waals surface area contributed by atoms with E-state index in [0.717, 1.165) is 0 Å². The number of hydrogen-bond acceptors (Lipinski definition) is 9. The molecule has 63 heavy (non-hydrogen) atoms. The Kier molecular flexibility index (Phi) is 10.8. The number of aromatic nitrogens is 6. The summed E-state index contributed by atoms with van der Waals surface area (Å²) in [6.07, 6.45) is 7.86. The second-order valence-electron chi connectivity index (χ2n) is 15.8. The zero-order valence-corrected chi connectivity index (χ0v) is 36.1. The van der Waals surface area contributed by atoms with E-state index in [9.17, 15) is 24.0 Å². The fraction of sp³-hybridized carbons (Fsp3) is 0.289. The molecule has 0 aliphatic carbocycles. The van der Waals surface area contributed by atoms with E-state index in [1.807, 2.05) is 42.7 Å².